The fourth-order valence-corrected chi connectivity index (χ4v) is 2.78. The maximum absolute atomic E-state index is 13.0. The minimum absolute atomic E-state index is 0.109. The molecule has 114 valence electrons. The van der Waals surface area contributed by atoms with E-state index in [0.717, 1.165) is 24.9 Å². The van der Waals surface area contributed by atoms with Gasteiger partial charge >= 0.3 is 5.97 Å². The lowest BCUT2D eigenvalue weighted by molar-refractivity contribution is 0.0696. The Balaban J connectivity index is 1.60. The summed E-state index contributed by atoms with van der Waals surface area (Å²) in [6, 6.07) is 13.7. The molecule has 1 fully saturated rings. The molecule has 0 radical (unpaired) electrons. The summed E-state index contributed by atoms with van der Waals surface area (Å²) >= 11 is 0. The zero-order chi connectivity index (χ0) is 15.6. The lowest BCUT2D eigenvalue weighted by Crippen LogP contribution is -2.26. The van der Waals surface area contributed by atoms with Crippen molar-refractivity contribution in [2.24, 2.45) is 0 Å². The number of carboxylic acid groups (broad SMARTS) is 1. The molecule has 2 N–H and O–H groups in total. The fourth-order valence-electron chi connectivity index (χ4n) is 2.78. The summed E-state index contributed by atoms with van der Waals surface area (Å²) in [5, 5.41) is 12.4. The van der Waals surface area contributed by atoms with Crippen molar-refractivity contribution < 1.29 is 14.3 Å². The Kier molecular flexibility index (Phi) is 3.94. The highest BCUT2D eigenvalue weighted by atomic mass is 19.1. The largest absolute Gasteiger partial charge is 0.478 e. The lowest BCUT2D eigenvalue weighted by atomic mass is 9.96. The van der Waals surface area contributed by atoms with Crippen LogP contribution in [-0.4, -0.2) is 17.6 Å². The Morgan fingerprint density at radius 2 is 1.91 bits per heavy atom. The van der Waals surface area contributed by atoms with E-state index in [4.69, 9.17) is 5.11 Å². The minimum Gasteiger partial charge on any atom is -0.478 e. The Bertz CT molecular complexity index is 678. The van der Waals surface area contributed by atoms with Gasteiger partial charge in [0, 0.05) is 18.5 Å². The van der Waals surface area contributed by atoms with Gasteiger partial charge in [0.1, 0.15) is 5.82 Å². The zero-order valence-corrected chi connectivity index (χ0v) is 12.2. The quantitative estimate of drug-likeness (QED) is 0.860. The molecule has 1 aliphatic rings. The highest BCUT2D eigenvalue weighted by Gasteiger charge is 2.43. The van der Waals surface area contributed by atoms with Crippen LogP contribution in [0, 0.1) is 5.82 Å². The van der Waals surface area contributed by atoms with Crippen molar-refractivity contribution in [3.05, 3.63) is 71.0 Å². The first kappa shape index (κ1) is 14.7. The molecule has 22 heavy (non-hydrogen) atoms. The molecule has 0 atom stereocenters. The number of carbonyl (C=O) groups is 1. The monoisotopic (exact) mass is 299 g/mol. The second-order valence-electron chi connectivity index (χ2n) is 5.90. The molecule has 0 spiro atoms. The average molecular weight is 299 g/mol. The first-order valence-corrected chi connectivity index (χ1v) is 7.38. The first-order valence-electron chi connectivity index (χ1n) is 7.38. The maximum atomic E-state index is 13.0. The van der Waals surface area contributed by atoms with Gasteiger partial charge in [-0.3, -0.25) is 0 Å². The van der Waals surface area contributed by atoms with E-state index in [1.807, 2.05) is 18.2 Å². The topological polar surface area (TPSA) is 49.3 Å². The SMILES string of the molecule is O=C(O)c1cccc(CNCC2(c3ccc(F)cc3)CC2)c1. The molecule has 2 aromatic rings. The molecule has 0 heterocycles. The molecule has 3 nitrogen and oxygen atoms in total. The molecule has 1 aliphatic carbocycles. The summed E-state index contributed by atoms with van der Waals surface area (Å²) in [4.78, 5) is 11.0. The van der Waals surface area contributed by atoms with E-state index in [1.165, 1.54) is 17.7 Å². The molecule has 0 unspecified atom stereocenters. The number of benzene rings is 2. The number of carboxylic acids is 1. The van der Waals surface area contributed by atoms with Crippen LogP contribution in [0.15, 0.2) is 48.5 Å². The third-order valence-electron chi connectivity index (χ3n) is 4.28. The average Bonchev–Trinajstić information content (AvgIpc) is 3.29. The van der Waals surface area contributed by atoms with Crippen molar-refractivity contribution in [3.8, 4) is 0 Å². The second kappa shape index (κ2) is 5.89. The molecule has 0 aromatic heterocycles. The van der Waals surface area contributed by atoms with E-state index in [9.17, 15) is 9.18 Å². The van der Waals surface area contributed by atoms with Crippen LogP contribution in [0.2, 0.25) is 0 Å². The Labute approximate surface area is 128 Å². The highest BCUT2D eigenvalue weighted by Crippen LogP contribution is 2.47. The van der Waals surface area contributed by atoms with Gasteiger partial charge in [-0.25, -0.2) is 9.18 Å². The molecule has 0 saturated heterocycles. The Morgan fingerprint density at radius 1 is 1.18 bits per heavy atom. The zero-order valence-electron chi connectivity index (χ0n) is 12.2. The van der Waals surface area contributed by atoms with E-state index >= 15 is 0 Å². The number of nitrogens with one attached hydrogen (secondary N) is 1. The van der Waals surface area contributed by atoms with E-state index in [0.29, 0.717) is 12.1 Å². The lowest BCUT2D eigenvalue weighted by Gasteiger charge is -2.17. The van der Waals surface area contributed by atoms with Gasteiger partial charge in [-0.1, -0.05) is 24.3 Å². The van der Waals surface area contributed by atoms with Crippen molar-refractivity contribution in [2.45, 2.75) is 24.8 Å². The maximum Gasteiger partial charge on any atom is 0.335 e. The van der Waals surface area contributed by atoms with Crippen molar-refractivity contribution in [1.29, 1.82) is 0 Å². The molecule has 3 rings (SSSR count). The van der Waals surface area contributed by atoms with Crippen LogP contribution in [0.1, 0.15) is 34.3 Å². The van der Waals surface area contributed by atoms with Gasteiger partial charge in [0.2, 0.25) is 0 Å². The number of halogens is 1. The molecule has 0 bridgehead atoms. The number of hydrogen-bond acceptors (Lipinski definition) is 2. The van der Waals surface area contributed by atoms with Crippen LogP contribution in [-0.2, 0) is 12.0 Å². The van der Waals surface area contributed by atoms with Gasteiger partial charge in [-0.2, -0.15) is 0 Å². The smallest absolute Gasteiger partial charge is 0.335 e. The van der Waals surface area contributed by atoms with Crippen molar-refractivity contribution in [1.82, 2.24) is 5.32 Å². The molecule has 0 amide bonds. The van der Waals surface area contributed by atoms with Gasteiger partial charge in [-0.05, 0) is 48.2 Å². The van der Waals surface area contributed by atoms with Crippen LogP contribution in [0.25, 0.3) is 0 Å². The van der Waals surface area contributed by atoms with Crippen LogP contribution >= 0.6 is 0 Å². The normalized spacial score (nSPS) is 15.5. The Hall–Kier alpha value is -2.20. The fraction of sp³-hybridized carbons (Fsp3) is 0.278. The van der Waals surface area contributed by atoms with Crippen LogP contribution < -0.4 is 5.32 Å². The van der Waals surface area contributed by atoms with Gasteiger partial charge in [-0.15, -0.1) is 0 Å². The highest BCUT2D eigenvalue weighted by molar-refractivity contribution is 5.87. The van der Waals surface area contributed by atoms with Crippen LogP contribution in [0.3, 0.4) is 0 Å². The van der Waals surface area contributed by atoms with Gasteiger partial charge in [0.25, 0.3) is 0 Å². The number of aromatic carboxylic acids is 1. The molecule has 2 aromatic carbocycles. The summed E-state index contributed by atoms with van der Waals surface area (Å²) in [6.07, 6.45) is 2.20. The van der Waals surface area contributed by atoms with Crippen molar-refractivity contribution in [2.75, 3.05) is 6.54 Å². The standard InChI is InChI=1S/C18H18FNO2/c19-16-6-4-15(5-7-16)18(8-9-18)12-20-11-13-2-1-3-14(10-13)17(21)22/h1-7,10,20H,8-9,11-12H2,(H,21,22). The summed E-state index contributed by atoms with van der Waals surface area (Å²) in [6.45, 7) is 1.44. The molecule has 1 saturated carbocycles. The molecular formula is C18H18FNO2. The van der Waals surface area contributed by atoms with E-state index in [1.54, 1.807) is 18.2 Å². The predicted octanol–water partition coefficient (Wildman–Crippen LogP) is 3.35. The van der Waals surface area contributed by atoms with Crippen LogP contribution in [0.4, 0.5) is 4.39 Å². The minimum atomic E-state index is -0.910. The van der Waals surface area contributed by atoms with Gasteiger partial charge in [0.05, 0.1) is 5.56 Å². The second-order valence-corrected chi connectivity index (χ2v) is 5.90. The van der Waals surface area contributed by atoms with E-state index < -0.39 is 5.97 Å². The molecular weight excluding hydrogens is 281 g/mol. The summed E-state index contributed by atoms with van der Waals surface area (Å²) in [7, 11) is 0. The molecule has 0 aliphatic heterocycles. The van der Waals surface area contributed by atoms with Gasteiger partial charge < -0.3 is 10.4 Å². The first-order chi connectivity index (χ1) is 10.6. The summed E-state index contributed by atoms with van der Waals surface area (Å²) < 4.78 is 13.0. The third-order valence-corrected chi connectivity index (χ3v) is 4.28. The van der Waals surface area contributed by atoms with E-state index in [2.05, 4.69) is 5.32 Å². The number of rotatable bonds is 6. The molecule has 4 heteroatoms. The van der Waals surface area contributed by atoms with E-state index in [-0.39, 0.29) is 11.2 Å². The summed E-state index contributed by atoms with van der Waals surface area (Å²) in [5.74, 6) is -1.12. The van der Waals surface area contributed by atoms with Crippen molar-refractivity contribution >= 4 is 5.97 Å². The van der Waals surface area contributed by atoms with Gasteiger partial charge in [0.15, 0.2) is 0 Å². The summed E-state index contributed by atoms with van der Waals surface area (Å²) in [5.41, 5.74) is 2.53. The van der Waals surface area contributed by atoms with Crippen LogP contribution in [0.5, 0.6) is 0 Å². The third kappa shape index (κ3) is 3.17. The van der Waals surface area contributed by atoms with Crippen molar-refractivity contribution in [3.63, 3.8) is 0 Å². The number of hydrogen-bond donors (Lipinski definition) is 2. The predicted molar refractivity (Wildman–Crippen MR) is 82.4 cm³/mol. The Morgan fingerprint density at radius 3 is 2.55 bits per heavy atom.